The van der Waals surface area contributed by atoms with Crippen LogP contribution >= 0.6 is 22.6 Å². The van der Waals surface area contributed by atoms with Crippen LogP contribution in [0.4, 0.5) is 13.2 Å². The lowest BCUT2D eigenvalue weighted by molar-refractivity contribution is -0.163. The third kappa shape index (κ3) is 2.72. The summed E-state index contributed by atoms with van der Waals surface area (Å²) < 4.78 is 36.5. The molecule has 1 atom stereocenters. The number of methoxy groups -OCH3 is 1. The number of esters is 1. The highest BCUT2D eigenvalue weighted by Gasteiger charge is 2.43. The predicted octanol–water partition coefficient (Wildman–Crippen LogP) is 1.53. The topological polar surface area (TPSA) is 26.3 Å². The van der Waals surface area contributed by atoms with Gasteiger partial charge in [-0.3, -0.25) is 4.79 Å². The molecule has 6 heteroatoms. The molecule has 0 bridgehead atoms. The molecule has 0 aromatic rings. The Hall–Kier alpha value is -0.0100. The number of ether oxygens (including phenoxy) is 1. The first-order chi connectivity index (χ1) is 4.39. The van der Waals surface area contributed by atoms with Gasteiger partial charge in [-0.05, 0) is 0 Å². The van der Waals surface area contributed by atoms with Crippen molar-refractivity contribution in [2.24, 2.45) is 0 Å². The highest BCUT2D eigenvalue weighted by Crippen LogP contribution is 2.27. The summed E-state index contributed by atoms with van der Waals surface area (Å²) in [5, 5.41) is 0. The zero-order valence-electron chi connectivity index (χ0n) is 4.91. The first-order valence-electron chi connectivity index (χ1n) is 2.18. The molecular formula is C4H4F3IO2. The fraction of sp³-hybridized carbons (Fsp3) is 0.750. The van der Waals surface area contributed by atoms with Crippen molar-refractivity contribution < 1.29 is 22.7 Å². The first kappa shape index (κ1) is 9.99. The zero-order valence-corrected chi connectivity index (χ0v) is 7.06. The standard InChI is InChI=1S/C4H4F3IO2/c1-10-3(9)2(8)4(5,6)7/h2H,1H3/t2-/m1/s1. The molecule has 0 N–H and O–H groups in total. The van der Waals surface area contributed by atoms with Crippen molar-refractivity contribution in [3.63, 3.8) is 0 Å². The summed E-state index contributed by atoms with van der Waals surface area (Å²) in [5.74, 6) is -1.27. The van der Waals surface area contributed by atoms with Gasteiger partial charge in [-0.1, -0.05) is 22.6 Å². The Bertz CT molecular complexity index is 133. The molecule has 0 saturated heterocycles. The Morgan fingerprint density at radius 3 is 2.10 bits per heavy atom. The maximum Gasteiger partial charge on any atom is 0.411 e. The van der Waals surface area contributed by atoms with Gasteiger partial charge in [0.25, 0.3) is 0 Å². The monoisotopic (exact) mass is 268 g/mol. The van der Waals surface area contributed by atoms with E-state index in [1.54, 1.807) is 0 Å². The summed E-state index contributed by atoms with van der Waals surface area (Å²) in [6.45, 7) is 0. The second kappa shape index (κ2) is 3.40. The summed E-state index contributed by atoms with van der Waals surface area (Å²) in [7, 11) is 0.916. The van der Waals surface area contributed by atoms with Gasteiger partial charge in [0.1, 0.15) is 0 Å². The van der Waals surface area contributed by atoms with Crippen LogP contribution in [0.3, 0.4) is 0 Å². The van der Waals surface area contributed by atoms with Crippen molar-refractivity contribution in [3.8, 4) is 0 Å². The van der Waals surface area contributed by atoms with Crippen LogP contribution in [0.5, 0.6) is 0 Å². The summed E-state index contributed by atoms with van der Waals surface area (Å²) in [4.78, 5) is 10.2. The Balaban J connectivity index is 4.08. The number of carbonyl (C=O) groups is 1. The van der Waals surface area contributed by atoms with Gasteiger partial charge >= 0.3 is 12.1 Å². The number of carbonyl (C=O) groups excluding carboxylic acids is 1. The van der Waals surface area contributed by atoms with Crippen LogP contribution in [0.25, 0.3) is 0 Å². The van der Waals surface area contributed by atoms with Crippen molar-refractivity contribution >= 4 is 28.6 Å². The molecule has 0 fully saturated rings. The van der Waals surface area contributed by atoms with Crippen molar-refractivity contribution in [3.05, 3.63) is 0 Å². The van der Waals surface area contributed by atoms with Crippen LogP contribution in [-0.4, -0.2) is 23.2 Å². The van der Waals surface area contributed by atoms with E-state index in [-0.39, 0.29) is 0 Å². The van der Waals surface area contributed by atoms with E-state index in [0.717, 1.165) is 29.7 Å². The summed E-state index contributed by atoms with van der Waals surface area (Å²) in [6, 6.07) is 0. The van der Waals surface area contributed by atoms with E-state index in [4.69, 9.17) is 0 Å². The van der Waals surface area contributed by atoms with E-state index in [2.05, 4.69) is 4.74 Å². The zero-order chi connectivity index (χ0) is 8.36. The third-order valence-electron chi connectivity index (χ3n) is 0.696. The fourth-order valence-electron chi connectivity index (χ4n) is 0.237. The molecule has 0 amide bonds. The molecule has 0 unspecified atom stereocenters. The third-order valence-corrected chi connectivity index (χ3v) is 1.91. The van der Waals surface area contributed by atoms with Crippen molar-refractivity contribution in [1.29, 1.82) is 0 Å². The van der Waals surface area contributed by atoms with Gasteiger partial charge in [-0.2, -0.15) is 13.2 Å². The molecule has 60 valence electrons. The lowest BCUT2D eigenvalue weighted by Gasteiger charge is -2.10. The average Bonchev–Trinajstić information content (AvgIpc) is 1.83. The van der Waals surface area contributed by atoms with Crippen molar-refractivity contribution in [2.75, 3.05) is 7.11 Å². The van der Waals surface area contributed by atoms with Crippen LogP contribution in [0.15, 0.2) is 0 Å². The van der Waals surface area contributed by atoms with Gasteiger partial charge in [-0.15, -0.1) is 0 Å². The SMILES string of the molecule is COC(=O)[C@@H](I)C(F)(F)F. The second-order valence-electron chi connectivity index (χ2n) is 1.43. The summed E-state index contributed by atoms with van der Waals surface area (Å²) in [5.41, 5.74) is 0. The average molecular weight is 268 g/mol. The first-order valence-corrected chi connectivity index (χ1v) is 3.42. The van der Waals surface area contributed by atoms with Gasteiger partial charge in [0.2, 0.25) is 3.92 Å². The molecule has 0 aliphatic carbocycles. The maximum atomic E-state index is 11.6. The summed E-state index contributed by atoms with van der Waals surface area (Å²) >= 11 is 0.975. The van der Waals surface area contributed by atoms with Crippen LogP contribution < -0.4 is 0 Å². The van der Waals surface area contributed by atoms with E-state index in [1.807, 2.05) is 0 Å². The van der Waals surface area contributed by atoms with Gasteiger partial charge in [-0.25, -0.2) is 0 Å². The molecule has 0 saturated carbocycles. The van der Waals surface area contributed by atoms with E-state index < -0.39 is 16.1 Å². The quantitative estimate of drug-likeness (QED) is 0.409. The molecule has 10 heavy (non-hydrogen) atoms. The van der Waals surface area contributed by atoms with Gasteiger partial charge in [0, 0.05) is 0 Å². The van der Waals surface area contributed by atoms with Crippen LogP contribution in [-0.2, 0) is 9.53 Å². The number of alkyl halides is 4. The molecule has 0 radical (unpaired) electrons. The molecule has 0 heterocycles. The minimum absolute atomic E-state index is 0.916. The fourth-order valence-corrected chi connectivity index (χ4v) is 0.491. The van der Waals surface area contributed by atoms with Crippen LogP contribution in [0.2, 0.25) is 0 Å². The number of halogens is 4. The Morgan fingerprint density at radius 1 is 1.60 bits per heavy atom. The predicted molar refractivity (Wildman–Crippen MR) is 35.9 cm³/mol. The number of rotatable bonds is 1. The van der Waals surface area contributed by atoms with Crippen molar-refractivity contribution in [1.82, 2.24) is 0 Å². The molecule has 0 rings (SSSR count). The van der Waals surface area contributed by atoms with E-state index >= 15 is 0 Å². The largest absolute Gasteiger partial charge is 0.468 e. The molecule has 0 aromatic heterocycles. The molecule has 0 aromatic carbocycles. The number of hydrogen-bond acceptors (Lipinski definition) is 2. The van der Waals surface area contributed by atoms with E-state index in [9.17, 15) is 18.0 Å². The molecular weight excluding hydrogens is 264 g/mol. The molecule has 0 spiro atoms. The minimum atomic E-state index is -4.51. The van der Waals surface area contributed by atoms with E-state index in [0.29, 0.717) is 0 Å². The molecule has 0 aliphatic heterocycles. The summed E-state index contributed by atoms with van der Waals surface area (Å²) in [6.07, 6.45) is -4.51. The minimum Gasteiger partial charge on any atom is -0.468 e. The van der Waals surface area contributed by atoms with Gasteiger partial charge in [0.15, 0.2) is 0 Å². The Kier molecular flexibility index (Phi) is 3.40. The number of hydrogen-bond donors (Lipinski definition) is 0. The maximum absolute atomic E-state index is 11.6. The van der Waals surface area contributed by atoms with Crippen LogP contribution in [0.1, 0.15) is 0 Å². The Morgan fingerprint density at radius 2 is 2.00 bits per heavy atom. The lowest BCUT2D eigenvalue weighted by atomic mass is 10.4. The van der Waals surface area contributed by atoms with E-state index in [1.165, 1.54) is 0 Å². The van der Waals surface area contributed by atoms with Gasteiger partial charge < -0.3 is 4.74 Å². The second-order valence-corrected chi connectivity index (χ2v) is 2.67. The van der Waals surface area contributed by atoms with Crippen LogP contribution in [0, 0.1) is 0 Å². The Labute approximate surface area is 68.9 Å². The lowest BCUT2D eigenvalue weighted by Crippen LogP contribution is -2.31. The molecule has 0 aliphatic rings. The highest BCUT2D eigenvalue weighted by atomic mass is 127. The van der Waals surface area contributed by atoms with Gasteiger partial charge in [0.05, 0.1) is 7.11 Å². The normalized spacial score (nSPS) is 14.5. The molecule has 2 nitrogen and oxygen atoms in total. The highest BCUT2D eigenvalue weighted by molar-refractivity contribution is 14.1. The van der Waals surface area contributed by atoms with Crippen molar-refractivity contribution in [2.45, 2.75) is 10.1 Å². The smallest absolute Gasteiger partial charge is 0.411 e.